The monoisotopic (exact) mass is 257 g/mol. The summed E-state index contributed by atoms with van der Waals surface area (Å²) in [5, 5.41) is 0. The maximum atomic E-state index is 11.8. The molecule has 0 spiro atoms. The van der Waals surface area contributed by atoms with Crippen LogP contribution in [0.5, 0.6) is 0 Å². The molecule has 2 atom stereocenters. The quantitative estimate of drug-likeness (QED) is 0.761. The highest BCUT2D eigenvalue weighted by molar-refractivity contribution is 7.91. The third-order valence-electron chi connectivity index (χ3n) is 3.63. The molecular formula is C12H19NO3S. The van der Waals surface area contributed by atoms with E-state index < -0.39 is 14.8 Å². The van der Waals surface area contributed by atoms with Gasteiger partial charge < -0.3 is 0 Å². The Morgan fingerprint density at radius 1 is 1.47 bits per heavy atom. The number of carbonyl (C=O) groups is 1. The molecule has 0 aromatic rings. The molecule has 1 N–H and O–H groups in total. The fourth-order valence-corrected chi connectivity index (χ4v) is 3.12. The zero-order valence-corrected chi connectivity index (χ0v) is 11.1. The van der Waals surface area contributed by atoms with E-state index >= 15 is 0 Å². The maximum Gasteiger partial charge on any atom is 0.240 e. The summed E-state index contributed by atoms with van der Waals surface area (Å²) in [5.41, 5.74) is 0. The standard InChI is InChI=1S/C12H19NO3S/c1-3-4-5-9-8-10(9)11(14)13-17(15,16)12(2)6-7-12/h4-5,9-10H,3,6-8H2,1-2H3,(H,13,14)/b5-4-/t9-,10+/m1/s1. The molecule has 0 heterocycles. The highest BCUT2D eigenvalue weighted by Crippen LogP contribution is 2.44. The van der Waals surface area contributed by atoms with Crippen molar-refractivity contribution in [3.63, 3.8) is 0 Å². The van der Waals surface area contributed by atoms with Gasteiger partial charge in [-0.1, -0.05) is 19.1 Å². The molecule has 0 unspecified atom stereocenters. The van der Waals surface area contributed by atoms with Crippen LogP contribution in [0.4, 0.5) is 0 Å². The normalized spacial score (nSPS) is 30.2. The molecule has 96 valence electrons. The second-order valence-corrected chi connectivity index (χ2v) is 7.46. The molecule has 2 saturated carbocycles. The lowest BCUT2D eigenvalue weighted by Crippen LogP contribution is -2.39. The minimum absolute atomic E-state index is 0.144. The summed E-state index contributed by atoms with van der Waals surface area (Å²) in [4.78, 5) is 11.7. The van der Waals surface area contributed by atoms with Gasteiger partial charge in [-0.2, -0.15) is 0 Å². The SMILES string of the molecule is CC/C=C\[C@@H]1C[C@@H]1C(=O)NS(=O)(=O)C1(C)CC1. The number of nitrogens with one attached hydrogen (secondary N) is 1. The Hall–Kier alpha value is -0.840. The second kappa shape index (κ2) is 4.12. The molecule has 0 aliphatic heterocycles. The fraction of sp³-hybridized carbons (Fsp3) is 0.750. The topological polar surface area (TPSA) is 63.2 Å². The first-order chi connectivity index (χ1) is 7.89. The van der Waals surface area contributed by atoms with Crippen LogP contribution in [0.15, 0.2) is 12.2 Å². The molecule has 5 heteroatoms. The van der Waals surface area contributed by atoms with Crippen molar-refractivity contribution in [1.82, 2.24) is 4.72 Å². The number of sulfonamides is 1. The van der Waals surface area contributed by atoms with Crippen molar-refractivity contribution < 1.29 is 13.2 Å². The third-order valence-corrected chi connectivity index (χ3v) is 5.81. The predicted molar refractivity (Wildman–Crippen MR) is 65.7 cm³/mol. The van der Waals surface area contributed by atoms with Crippen LogP contribution in [0.25, 0.3) is 0 Å². The van der Waals surface area contributed by atoms with Gasteiger partial charge in [0.2, 0.25) is 15.9 Å². The van der Waals surface area contributed by atoms with Crippen LogP contribution < -0.4 is 4.72 Å². The van der Waals surface area contributed by atoms with Crippen molar-refractivity contribution in [2.75, 3.05) is 0 Å². The first-order valence-corrected chi connectivity index (χ1v) is 7.61. The van der Waals surface area contributed by atoms with Gasteiger partial charge in [-0.25, -0.2) is 8.42 Å². The van der Waals surface area contributed by atoms with Crippen LogP contribution in [-0.2, 0) is 14.8 Å². The lowest BCUT2D eigenvalue weighted by atomic mass is 10.2. The molecule has 2 aliphatic rings. The summed E-state index contributed by atoms with van der Waals surface area (Å²) >= 11 is 0. The molecule has 17 heavy (non-hydrogen) atoms. The van der Waals surface area contributed by atoms with Crippen LogP contribution in [0.3, 0.4) is 0 Å². The van der Waals surface area contributed by atoms with E-state index in [1.165, 1.54) is 0 Å². The second-order valence-electron chi connectivity index (χ2n) is 5.26. The molecule has 2 rings (SSSR count). The Bertz CT molecular complexity index is 448. The van der Waals surface area contributed by atoms with Crippen molar-refractivity contribution >= 4 is 15.9 Å². The minimum Gasteiger partial charge on any atom is -0.274 e. The van der Waals surface area contributed by atoms with Gasteiger partial charge in [0.05, 0.1) is 4.75 Å². The summed E-state index contributed by atoms with van der Waals surface area (Å²) in [6, 6.07) is 0. The summed E-state index contributed by atoms with van der Waals surface area (Å²) in [5.74, 6) is -0.240. The van der Waals surface area contributed by atoms with E-state index in [4.69, 9.17) is 0 Å². The summed E-state index contributed by atoms with van der Waals surface area (Å²) in [7, 11) is -3.46. The molecule has 0 aromatic heterocycles. The van der Waals surface area contributed by atoms with Crippen LogP contribution in [0.2, 0.25) is 0 Å². The summed E-state index contributed by atoms with van der Waals surface area (Å²) in [6.45, 7) is 3.72. The van der Waals surface area contributed by atoms with E-state index in [1.807, 2.05) is 19.1 Å². The van der Waals surface area contributed by atoms with Crippen LogP contribution in [0.1, 0.15) is 39.5 Å². The molecule has 4 nitrogen and oxygen atoms in total. The van der Waals surface area contributed by atoms with Crippen molar-refractivity contribution in [3.05, 3.63) is 12.2 Å². The Morgan fingerprint density at radius 3 is 2.65 bits per heavy atom. The smallest absolute Gasteiger partial charge is 0.240 e. The van der Waals surface area contributed by atoms with Gasteiger partial charge in [0.15, 0.2) is 0 Å². The predicted octanol–water partition coefficient (Wildman–Crippen LogP) is 1.59. The van der Waals surface area contributed by atoms with Crippen molar-refractivity contribution in [3.8, 4) is 0 Å². The van der Waals surface area contributed by atoms with Crippen molar-refractivity contribution in [1.29, 1.82) is 0 Å². The number of carbonyl (C=O) groups excluding carboxylic acids is 1. The number of allylic oxidation sites excluding steroid dienone is 2. The van der Waals surface area contributed by atoms with Crippen LogP contribution >= 0.6 is 0 Å². The van der Waals surface area contributed by atoms with Gasteiger partial charge in [-0.05, 0) is 38.5 Å². The highest BCUT2D eigenvalue weighted by Gasteiger charge is 2.52. The van der Waals surface area contributed by atoms with E-state index in [0.717, 1.165) is 12.8 Å². The van der Waals surface area contributed by atoms with E-state index in [2.05, 4.69) is 4.72 Å². The van der Waals surface area contributed by atoms with E-state index in [9.17, 15) is 13.2 Å². The largest absolute Gasteiger partial charge is 0.274 e. The van der Waals surface area contributed by atoms with Gasteiger partial charge >= 0.3 is 0 Å². The Morgan fingerprint density at radius 2 is 2.12 bits per heavy atom. The fourth-order valence-electron chi connectivity index (χ4n) is 1.82. The number of hydrogen-bond acceptors (Lipinski definition) is 3. The Balaban J connectivity index is 1.89. The van der Waals surface area contributed by atoms with Crippen molar-refractivity contribution in [2.45, 2.75) is 44.3 Å². The first kappa shape index (κ1) is 12.6. The average molecular weight is 257 g/mol. The van der Waals surface area contributed by atoms with E-state index in [0.29, 0.717) is 12.8 Å². The van der Waals surface area contributed by atoms with Gasteiger partial charge in [-0.3, -0.25) is 9.52 Å². The highest BCUT2D eigenvalue weighted by atomic mass is 32.2. The molecule has 1 amide bonds. The third kappa shape index (κ3) is 2.54. The minimum atomic E-state index is -3.46. The number of rotatable bonds is 5. The Labute approximate surface area is 103 Å². The summed E-state index contributed by atoms with van der Waals surface area (Å²) in [6.07, 6.45) is 7.05. The molecular weight excluding hydrogens is 238 g/mol. The molecule has 0 radical (unpaired) electrons. The molecule has 0 aromatic carbocycles. The molecule has 2 aliphatic carbocycles. The van der Waals surface area contributed by atoms with Gasteiger partial charge in [0, 0.05) is 5.92 Å². The lowest BCUT2D eigenvalue weighted by Gasteiger charge is -2.11. The van der Waals surface area contributed by atoms with E-state index in [-0.39, 0.29) is 17.7 Å². The molecule has 2 fully saturated rings. The number of amides is 1. The Kier molecular flexibility index (Phi) is 3.06. The van der Waals surface area contributed by atoms with Gasteiger partial charge in [-0.15, -0.1) is 0 Å². The van der Waals surface area contributed by atoms with Crippen LogP contribution in [-0.4, -0.2) is 19.1 Å². The van der Waals surface area contributed by atoms with Crippen molar-refractivity contribution in [2.24, 2.45) is 11.8 Å². The van der Waals surface area contributed by atoms with E-state index in [1.54, 1.807) is 6.92 Å². The molecule has 0 saturated heterocycles. The maximum absolute atomic E-state index is 11.8. The van der Waals surface area contributed by atoms with Crippen LogP contribution in [0, 0.1) is 11.8 Å². The zero-order chi connectivity index (χ0) is 12.7. The van der Waals surface area contributed by atoms with Gasteiger partial charge in [0.1, 0.15) is 0 Å². The lowest BCUT2D eigenvalue weighted by molar-refractivity contribution is -0.120. The average Bonchev–Trinajstić information content (AvgIpc) is 3.10. The molecule has 0 bridgehead atoms. The zero-order valence-electron chi connectivity index (χ0n) is 10.3. The number of hydrogen-bond donors (Lipinski definition) is 1. The first-order valence-electron chi connectivity index (χ1n) is 6.12. The van der Waals surface area contributed by atoms with Gasteiger partial charge in [0.25, 0.3) is 0 Å². The summed E-state index contributed by atoms with van der Waals surface area (Å²) < 4.78 is 25.2.